The molecule has 2 rings (SSSR count). The Bertz CT molecular complexity index is 589. The Hall–Kier alpha value is -1.37. The van der Waals surface area contributed by atoms with Crippen LogP contribution in [0, 0.1) is 0 Å². The van der Waals surface area contributed by atoms with Gasteiger partial charge in [0.05, 0.1) is 11.5 Å². The maximum atomic E-state index is 11.7. The maximum Gasteiger partial charge on any atom is 0.152 e. The fourth-order valence-electron chi connectivity index (χ4n) is 2.68. The number of hydrogen-bond acceptors (Lipinski definition) is 6. The molecule has 1 aliphatic heterocycles. The van der Waals surface area contributed by atoms with Crippen LogP contribution >= 0.6 is 0 Å². The van der Waals surface area contributed by atoms with Crippen molar-refractivity contribution in [3.05, 3.63) is 11.9 Å². The largest absolute Gasteiger partial charge is 0.370 e. The van der Waals surface area contributed by atoms with Crippen molar-refractivity contribution in [3.8, 4) is 0 Å². The third-order valence-corrected chi connectivity index (χ3v) is 5.66. The number of nitrogens with one attached hydrogen (secondary N) is 1. The monoisotopic (exact) mass is 312 g/mol. The van der Waals surface area contributed by atoms with Crippen molar-refractivity contribution in [2.75, 3.05) is 35.3 Å². The van der Waals surface area contributed by atoms with Gasteiger partial charge in [-0.3, -0.25) is 0 Å². The van der Waals surface area contributed by atoms with Crippen molar-refractivity contribution in [1.29, 1.82) is 0 Å². The molecular formula is C14H24N4O2S. The molecule has 118 valence electrons. The molecule has 0 aromatic carbocycles. The van der Waals surface area contributed by atoms with Crippen LogP contribution in [0.15, 0.2) is 6.33 Å². The Morgan fingerprint density at radius 2 is 2.14 bits per heavy atom. The Morgan fingerprint density at radius 1 is 1.38 bits per heavy atom. The zero-order valence-corrected chi connectivity index (χ0v) is 13.8. The highest BCUT2D eigenvalue weighted by molar-refractivity contribution is 7.91. The molecule has 1 unspecified atom stereocenters. The molecule has 1 atom stereocenters. The molecule has 0 spiro atoms. The summed E-state index contributed by atoms with van der Waals surface area (Å²) in [4.78, 5) is 10.7. The minimum atomic E-state index is -2.89. The number of rotatable bonds is 6. The summed E-state index contributed by atoms with van der Waals surface area (Å²) in [6.45, 7) is 5.04. The molecule has 2 heterocycles. The number of sulfone groups is 1. The van der Waals surface area contributed by atoms with Crippen LogP contribution in [0.2, 0.25) is 0 Å². The van der Waals surface area contributed by atoms with E-state index in [2.05, 4.69) is 29.1 Å². The molecule has 1 saturated heterocycles. The molecule has 0 bridgehead atoms. The summed E-state index contributed by atoms with van der Waals surface area (Å²) in [7, 11) is -0.966. The van der Waals surface area contributed by atoms with Crippen molar-refractivity contribution in [3.63, 3.8) is 0 Å². The molecule has 21 heavy (non-hydrogen) atoms. The average Bonchev–Trinajstić information content (AvgIpc) is 2.84. The first kappa shape index (κ1) is 16.0. The molecule has 1 aliphatic rings. The Morgan fingerprint density at radius 3 is 2.71 bits per heavy atom. The summed E-state index contributed by atoms with van der Waals surface area (Å²) in [5.41, 5.74) is 1.05. The standard InChI is InChI=1S/C14H24N4O2S/c1-4-7-15-13-12(5-2)14(17-10-16-13)18(3)11-6-8-21(19,20)9-11/h10-11H,4-9H2,1-3H3,(H,15,16,17). The van der Waals surface area contributed by atoms with E-state index in [0.717, 1.165) is 36.6 Å². The maximum absolute atomic E-state index is 11.7. The van der Waals surface area contributed by atoms with E-state index < -0.39 is 9.84 Å². The lowest BCUT2D eigenvalue weighted by molar-refractivity contribution is 0.600. The first-order valence-corrected chi connectivity index (χ1v) is 9.31. The lowest BCUT2D eigenvalue weighted by Crippen LogP contribution is -2.34. The Balaban J connectivity index is 2.26. The van der Waals surface area contributed by atoms with Crippen LogP contribution in [-0.4, -0.2) is 49.5 Å². The van der Waals surface area contributed by atoms with Gasteiger partial charge in [-0.25, -0.2) is 18.4 Å². The minimum Gasteiger partial charge on any atom is -0.370 e. The summed E-state index contributed by atoms with van der Waals surface area (Å²) < 4.78 is 23.3. The molecule has 1 aromatic heterocycles. The van der Waals surface area contributed by atoms with Gasteiger partial charge in [-0.1, -0.05) is 13.8 Å². The highest BCUT2D eigenvalue weighted by atomic mass is 32.2. The molecule has 0 aliphatic carbocycles. The van der Waals surface area contributed by atoms with Crippen LogP contribution in [0.3, 0.4) is 0 Å². The van der Waals surface area contributed by atoms with Crippen LogP contribution < -0.4 is 10.2 Å². The van der Waals surface area contributed by atoms with E-state index in [-0.39, 0.29) is 17.5 Å². The van der Waals surface area contributed by atoms with Crippen molar-refractivity contribution in [2.45, 2.75) is 39.2 Å². The van der Waals surface area contributed by atoms with Crippen LogP contribution in [-0.2, 0) is 16.3 Å². The molecule has 0 radical (unpaired) electrons. The number of nitrogens with zero attached hydrogens (tertiary/aromatic N) is 3. The normalized spacial score (nSPS) is 20.4. The van der Waals surface area contributed by atoms with E-state index in [0.29, 0.717) is 6.42 Å². The molecule has 1 aromatic rings. The summed E-state index contributed by atoms with van der Waals surface area (Å²) in [5, 5.41) is 3.32. The van der Waals surface area contributed by atoms with Gasteiger partial charge in [0.2, 0.25) is 0 Å². The summed E-state index contributed by atoms with van der Waals surface area (Å²) in [6, 6.07) is 0.00854. The molecule has 6 nitrogen and oxygen atoms in total. The van der Waals surface area contributed by atoms with E-state index in [1.165, 1.54) is 0 Å². The van der Waals surface area contributed by atoms with Gasteiger partial charge < -0.3 is 10.2 Å². The lowest BCUT2D eigenvalue weighted by atomic mass is 10.1. The first-order valence-electron chi connectivity index (χ1n) is 7.49. The SMILES string of the molecule is CCCNc1ncnc(N(C)C2CCS(=O)(=O)C2)c1CC. The highest BCUT2D eigenvalue weighted by Crippen LogP contribution is 2.27. The highest BCUT2D eigenvalue weighted by Gasteiger charge is 2.32. The fourth-order valence-corrected chi connectivity index (χ4v) is 4.46. The van der Waals surface area contributed by atoms with Crippen LogP contribution in [0.1, 0.15) is 32.3 Å². The van der Waals surface area contributed by atoms with Gasteiger partial charge in [0.25, 0.3) is 0 Å². The first-order chi connectivity index (χ1) is 9.98. The summed E-state index contributed by atoms with van der Waals surface area (Å²) >= 11 is 0. The van der Waals surface area contributed by atoms with E-state index in [9.17, 15) is 8.42 Å². The molecule has 1 fully saturated rings. The Labute approximate surface area is 126 Å². The third-order valence-electron chi connectivity index (χ3n) is 3.91. The number of hydrogen-bond donors (Lipinski definition) is 1. The van der Waals surface area contributed by atoms with E-state index in [1.807, 2.05) is 11.9 Å². The van der Waals surface area contributed by atoms with Gasteiger partial charge in [0.1, 0.15) is 18.0 Å². The second-order valence-electron chi connectivity index (χ2n) is 5.47. The molecular weight excluding hydrogens is 288 g/mol. The zero-order chi connectivity index (χ0) is 15.5. The average molecular weight is 312 g/mol. The number of anilines is 2. The summed E-state index contributed by atoms with van der Waals surface area (Å²) in [5.74, 6) is 2.19. The van der Waals surface area contributed by atoms with Gasteiger partial charge in [0.15, 0.2) is 9.84 Å². The van der Waals surface area contributed by atoms with Crippen LogP contribution in [0.5, 0.6) is 0 Å². The van der Waals surface area contributed by atoms with E-state index >= 15 is 0 Å². The quantitative estimate of drug-likeness (QED) is 0.857. The van der Waals surface area contributed by atoms with Gasteiger partial charge in [-0.05, 0) is 19.3 Å². The predicted molar refractivity (Wildman–Crippen MR) is 85.7 cm³/mol. The molecule has 1 N–H and O–H groups in total. The van der Waals surface area contributed by atoms with E-state index in [1.54, 1.807) is 6.33 Å². The topological polar surface area (TPSA) is 75.2 Å². The van der Waals surface area contributed by atoms with Crippen molar-refractivity contribution >= 4 is 21.5 Å². The van der Waals surface area contributed by atoms with Crippen LogP contribution in [0.4, 0.5) is 11.6 Å². The van der Waals surface area contributed by atoms with Gasteiger partial charge in [-0.15, -0.1) is 0 Å². The minimum absolute atomic E-state index is 0.00854. The smallest absolute Gasteiger partial charge is 0.152 e. The van der Waals surface area contributed by atoms with Crippen LogP contribution in [0.25, 0.3) is 0 Å². The third kappa shape index (κ3) is 3.64. The fraction of sp³-hybridized carbons (Fsp3) is 0.714. The van der Waals surface area contributed by atoms with Crippen molar-refractivity contribution in [2.24, 2.45) is 0 Å². The number of aromatic nitrogens is 2. The zero-order valence-electron chi connectivity index (χ0n) is 13.0. The van der Waals surface area contributed by atoms with Gasteiger partial charge in [-0.2, -0.15) is 0 Å². The lowest BCUT2D eigenvalue weighted by Gasteiger charge is -2.27. The van der Waals surface area contributed by atoms with Crippen molar-refractivity contribution in [1.82, 2.24) is 9.97 Å². The molecule has 0 amide bonds. The van der Waals surface area contributed by atoms with Crippen molar-refractivity contribution < 1.29 is 8.42 Å². The molecule has 0 saturated carbocycles. The Kier molecular flexibility index (Phi) is 5.03. The van der Waals surface area contributed by atoms with Gasteiger partial charge >= 0.3 is 0 Å². The second kappa shape index (κ2) is 6.60. The van der Waals surface area contributed by atoms with Gasteiger partial charge in [0, 0.05) is 25.2 Å². The molecule has 7 heteroatoms. The second-order valence-corrected chi connectivity index (χ2v) is 7.70. The van der Waals surface area contributed by atoms with E-state index in [4.69, 9.17) is 0 Å². The predicted octanol–water partition coefficient (Wildman–Crippen LogP) is 1.48. The summed E-state index contributed by atoms with van der Waals surface area (Å²) in [6.07, 6.45) is 4.06.